The van der Waals surface area contributed by atoms with Gasteiger partial charge in [0.1, 0.15) is 0 Å². The molecule has 0 saturated heterocycles. The van der Waals surface area contributed by atoms with Crippen LogP contribution in [0.15, 0.2) is 71.9 Å². The normalized spacial score (nSPS) is 12.3. The predicted molar refractivity (Wildman–Crippen MR) is 139 cm³/mol. The first-order valence-corrected chi connectivity index (χ1v) is 14.8. The van der Waals surface area contributed by atoms with E-state index in [1.165, 1.54) is 12.2 Å². The summed E-state index contributed by atoms with van der Waals surface area (Å²) in [4.78, 5) is 9.19. The molecule has 0 aliphatic rings. The number of nitrogens with zero attached hydrogens (tertiary/aromatic N) is 2. The minimum Gasteiger partial charge on any atom is -0.309 e. The number of aryl methyl sites for hydroxylation is 2. The average Bonchev–Trinajstić information content (AvgIpc) is 2.83. The zero-order chi connectivity index (χ0) is 25.5. The van der Waals surface area contributed by atoms with Crippen LogP contribution in [0.25, 0.3) is 22.4 Å². The van der Waals surface area contributed by atoms with Crippen LogP contribution in [0.3, 0.4) is 0 Å². The van der Waals surface area contributed by atoms with Gasteiger partial charge in [0.05, 0.1) is 35.7 Å². The third-order valence-electron chi connectivity index (χ3n) is 5.20. The molecule has 0 N–H and O–H groups in total. The van der Waals surface area contributed by atoms with Crippen molar-refractivity contribution in [2.24, 2.45) is 0 Å². The highest BCUT2D eigenvalue weighted by Crippen LogP contribution is 2.47. The molecule has 0 amide bonds. The van der Waals surface area contributed by atoms with E-state index in [0.717, 1.165) is 33.6 Å². The fourth-order valence-electron chi connectivity index (χ4n) is 3.50. The summed E-state index contributed by atoms with van der Waals surface area (Å²) in [7, 11) is -6.80. The highest BCUT2D eigenvalue weighted by atomic mass is 32.2. The van der Waals surface area contributed by atoms with Crippen molar-refractivity contribution in [2.75, 3.05) is 25.1 Å². The minimum atomic E-state index is -3.56. The molecule has 2 heterocycles. The van der Waals surface area contributed by atoms with Crippen LogP contribution in [0, 0.1) is 13.8 Å². The van der Waals surface area contributed by atoms with Crippen LogP contribution in [0.4, 0.5) is 0 Å². The number of benzene rings is 1. The first-order valence-electron chi connectivity index (χ1n) is 11.4. The van der Waals surface area contributed by atoms with Crippen LogP contribution in [-0.2, 0) is 23.4 Å². The first kappa shape index (κ1) is 27.0. The van der Waals surface area contributed by atoms with E-state index < -0.39 is 17.4 Å². The molecule has 0 aliphatic heterocycles. The molecule has 1 aromatic carbocycles. The van der Waals surface area contributed by atoms with Gasteiger partial charge < -0.3 is 9.05 Å². The van der Waals surface area contributed by atoms with Crippen LogP contribution < -0.4 is 0 Å². The van der Waals surface area contributed by atoms with Gasteiger partial charge in [0, 0.05) is 29.2 Å². The van der Waals surface area contributed by atoms with Gasteiger partial charge >= 0.3 is 7.60 Å². The van der Waals surface area contributed by atoms with Gasteiger partial charge in [-0.25, -0.2) is 8.42 Å². The second-order valence-corrected chi connectivity index (χ2v) is 12.1. The summed E-state index contributed by atoms with van der Waals surface area (Å²) >= 11 is 0. The van der Waals surface area contributed by atoms with Crippen molar-refractivity contribution in [1.82, 2.24) is 9.97 Å². The molecule has 0 aliphatic carbocycles. The molecular formula is C26H31N2O5PS. The molecule has 0 fully saturated rings. The molecule has 0 unspecified atom stereocenters. The Hall–Kier alpha value is -2.64. The predicted octanol–water partition coefficient (Wildman–Crippen LogP) is 6.02. The Kier molecular flexibility index (Phi) is 9.14. The van der Waals surface area contributed by atoms with Crippen molar-refractivity contribution < 1.29 is 22.0 Å². The zero-order valence-electron chi connectivity index (χ0n) is 20.5. The number of pyridine rings is 2. The van der Waals surface area contributed by atoms with Gasteiger partial charge in [0.15, 0.2) is 9.84 Å². The van der Waals surface area contributed by atoms with E-state index in [9.17, 15) is 13.0 Å². The van der Waals surface area contributed by atoms with E-state index in [2.05, 4.69) is 9.97 Å². The van der Waals surface area contributed by atoms with Gasteiger partial charge in [-0.2, -0.15) is 0 Å². The largest absolute Gasteiger partial charge is 0.334 e. The summed E-state index contributed by atoms with van der Waals surface area (Å²) < 4.78 is 48.6. The molecule has 35 heavy (non-hydrogen) atoms. The Labute approximate surface area is 207 Å². The van der Waals surface area contributed by atoms with Gasteiger partial charge in [-0.05, 0) is 69.2 Å². The van der Waals surface area contributed by atoms with Crippen molar-refractivity contribution in [1.29, 1.82) is 0 Å². The van der Waals surface area contributed by atoms with Crippen LogP contribution >= 0.6 is 7.60 Å². The Morgan fingerprint density at radius 1 is 0.886 bits per heavy atom. The van der Waals surface area contributed by atoms with E-state index in [0.29, 0.717) is 0 Å². The van der Waals surface area contributed by atoms with Crippen LogP contribution in [-0.4, -0.2) is 43.5 Å². The molecule has 3 rings (SSSR count). The Morgan fingerprint density at radius 2 is 1.54 bits per heavy atom. The number of aromatic nitrogens is 2. The molecule has 0 saturated carbocycles. The maximum absolute atomic E-state index is 12.8. The molecule has 0 spiro atoms. The van der Waals surface area contributed by atoms with Crippen LogP contribution in [0.1, 0.15) is 25.1 Å². The van der Waals surface area contributed by atoms with E-state index in [-0.39, 0.29) is 30.0 Å². The average molecular weight is 515 g/mol. The monoisotopic (exact) mass is 514 g/mol. The lowest BCUT2D eigenvalue weighted by Crippen LogP contribution is -2.05. The maximum atomic E-state index is 12.8. The summed E-state index contributed by atoms with van der Waals surface area (Å²) in [6, 6.07) is 12.7. The van der Waals surface area contributed by atoms with Gasteiger partial charge in [-0.1, -0.05) is 24.3 Å². The quantitative estimate of drug-likeness (QED) is 0.228. The Balaban J connectivity index is 1.79. The molecule has 3 aromatic rings. The second-order valence-electron chi connectivity index (χ2n) is 8.00. The summed E-state index contributed by atoms with van der Waals surface area (Å²) in [6.07, 6.45) is 6.65. The van der Waals surface area contributed by atoms with E-state index in [1.54, 1.807) is 50.5 Å². The maximum Gasteiger partial charge on any atom is 0.334 e. The SMILES string of the molecule is CCOP(=O)(C/C=C/CS(=O)(=O)c1ccc(-c2cc(C)cnc2-c2ccc(C)nc2)cc1)OCC. The third-order valence-corrected chi connectivity index (χ3v) is 8.78. The summed E-state index contributed by atoms with van der Waals surface area (Å²) in [5.74, 6) is -0.211. The second kappa shape index (κ2) is 11.9. The summed E-state index contributed by atoms with van der Waals surface area (Å²) in [6.45, 7) is 7.88. The van der Waals surface area contributed by atoms with Crippen molar-refractivity contribution in [3.05, 3.63) is 78.3 Å². The number of allylic oxidation sites excluding steroid dienone is 1. The van der Waals surface area contributed by atoms with Gasteiger partial charge in [-0.3, -0.25) is 14.5 Å². The van der Waals surface area contributed by atoms with Crippen LogP contribution in [0.2, 0.25) is 0 Å². The molecule has 9 heteroatoms. The number of hydrogen-bond acceptors (Lipinski definition) is 7. The van der Waals surface area contributed by atoms with Gasteiger partial charge in [0.25, 0.3) is 0 Å². The Morgan fingerprint density at radius 3 is 2.14 bits per heavy atom. The lowest BCUT2D eigenvalue weighted by atomic mass is 9.99. The Bertz CT molecular complexity index is 1310. The fraction of sp³-hybridized carbons (Fsp3) is 0.308. The van der Waals surface area contributed by atoms with Gasteiger partial charge in [-0.15, -0.1) is 0 Å². The van der Waals surface area contributed by atoms with Gasteiger partial charge in [0.2, 0.25) is 0 Å². The van der Waals surface area contributed by atoms with Crippen molar-refractivity contribution in [3.63, 3.8) is 0 Å². The minimum absolute atomic E-state index is 0.0279. The third kappa shape index (κ3) is 7.18. The zero-order valence-corrected chi connectivity index (χ0v) is 22.2. The lowest BCUT2D eigenvalue weighted by molar-refractivity contribution is 0.222. The topological polar surface area (TPSA) is 95.5 Å². The molecular weight excluding hydrogens is 483 g/mol. The molecule has 0 bridgehead atoms. The number of rotatable bonds is 11. The standard InChI is InChI=1S/C26H31N2O5PS/c1-5-32-34(29,33-6-2)15-7-8-16-35(30,31)24-13-11-22(12-14-24)25-17-20(3)18-28-26(25)23-10-9-21(4)27-19-23/h7-14,17-19H,5-6,15-16H2,1-4H3/b8-7+. The molecule has 186 valence electrons. The fourth-order valence-corrected chi connectivity index (χ4v) is 6.11. The van der Waals surface area contributed by atoms with E-state index in [1.807, 2.05) is 32.0 Å². The smallest absolute Gasteiger partial charge is 0.309 e. The molecule has 0 atom stereocenters. The van der Waals surface area contributed by atoms with Crippen molar-refractivity contribution in [2.45, 2.75) is 32.6 Å². The summed E-state index contributed by atoms with van der Waals surface area (Å²) in [5.41, 5.74) is 5.37. The lowest BCUT2D eigenvalue weighted by Gasteiger charge is -2.14. The van der Waals surface area contributed by atoms with E-state index in [4.69, 9.17) is 9.05 Å². The number of sulfone groups is 1. The highest BCUT2D eigenvalue weighted by Gasteiger charge is 2.21. The summed E-state index contributed by atoms with van der Waals surface area (Å²) in [5, 5.41) is 0. The van der Waals surface area contributed by atoms with Crippen LogP contribution in [0.5, 0.6) is 0 Å². The van der Waals surface area contributed by atoms with Crippen molar-refractivity contribution >= 4 is 17.4 Å². The first-order chi connectivity index (χ1) is 16.7. The highest BCUT2D eigenvalue weighted by molar-refractivity contribution is 7.91. The molecule has 2 aromatic heterocycles. The number of hydrogen-bond donors (Lipinski definition) is 0. The molecule has 7 nitrogen and oxygen atoms in total. The van der Waals surface area contributed by atoms with E-state index >= 15 is 0 Å². The van der Waals surface area contributed by atoms with Crippen molar-refractivity contribution in [3.8, 4) is 22.4 Å². The molecule has 0 radical (unpaired) electrons.